The molecule has 3 atom stereocenters. The van der Waals surface area contributed by atoms with Crippen LogP contribution in [0.4, 0.5) is 0 Å². The zero-order valence-electron chi connectivity index (χ0n) is 26.3. The van der Waals surface area contributed by atoms with Gasteiger partial charge in [0, 0.05) is 10.8 Å². The van der Waals surface area contributed by atoms with Crippen LogP contribution in [0.15, 0.2) is 97.1 Å². The summed E-state index contributed by atoms with van der Waals surface area (Å²) in [6, 6.07) is 33.4. The molecule has 6 heteroatoms. The Morgan fingerprint density at radius 2 is 0.909 bits per heavy atom. The lowest BCUT2D eigenvalue weighted by atomic mass is 9.70. The Morgan fingerprint density at radius 3 is 1.27 bits per heavy atom. The molecule has 0 spiro atoms. The number of epoxide rings is 1. The van der Waals surface area contributed by atoms with E-state index in [9.17, 15) is 10.2 Å². The predicted octanol–water partition coefficient (Wildman–Crippen LogP) is 6.66. The van der Waals surface area contributed by atoms with Gasteiger partial charge in [-0.1, -0.05) is 74.5 Å². The molecule has 4 aromatic carbocycles. The summed E-state index contributed by atoms with van der Waals surface area (Å²) >= 11 is 0. The summed E-state index contributed by atoms with van der Waals surface area (Å²) in [7, 11) is 0. The van der Waals surface area contributed by atoms with Crippen LogP contribution < -0.4 is 14.2 Å². The van der Waals surface area contributed by atoms with Crippen molar-refractivity contribution in [2.45, 2.75) is 63.8 Å². The first-order chi connectivity index (χ1) is 21.1. The van der Waals surface area contributed by atoms with Crippen molar-refractivity contribution in [3.05, 3.63) is 125 Å². The van der Waals surface area contributed by atoms with Crippen LogP contribution in [-0.2, 0) is 15.6 Å². The molecule has 1 aliphatic heterocycles. The lowest BCUT2D eigenvalue weighted by Gasteiger charge is -2.33. The molecule has 1 saturated heterocycles. The van der Waals surface area contributed by atoms with Gasteiger partial charge in [-0.25, -0.2) is 0 Å². The normalized spacial score (nSPS) is 17.3. The molecule has 1 heterocycles. The number of hydrogen-bond acceptors (Lipinski definition) is 6. The molecule has 0 bridgehead atoms. The van der Waals surface area contributed by atoms with Gasteiger partial charge in [-0.15, -0.1) is 0 Å². The number of aliphatic hydroxyl groups is 2. The second-order valence-electron chi connectivity index (χ2n) is 12.5. The van der Waals surface area contributed by atoms with E-state index in [1.165, 1.54) is 11.1 Å². The summed E-state index contributed by atoms with van der Waals surface area (Å²) in [5, 5.41) is 19.3. The average Bonchev–Trinajstić information content (AvgIpc) is 3.87. The van der Waals surface area contributed by atoms with Crippen molar-refractivity contribution in [1.82, 2.24) is 0 Å². The number of ether oxygens (including phenoxy) is 4. The van der Waals surface area contributed by atoms with E-state index in [-0.39, 0.29) is 24.7 Å². The Morgan fingerprint density at radius 1 is 0.591 bits per heavy atom. The van der Waals surface area contributed by atoms with Crippen LogP contribution in [0.1, 0.15) is 62.4 Å². The molecule has 1 fully saturated rings. The fraction of sp³-hybridized carbons (Fsp3) is 0.368. The predicted molar refractivity (Wildman–Crippen MR) is 173 cm³/mol. The standard InChI is InChI=1S/C38H44O6/c1-26(39)22-41-33-18-12-31(13-19-33)38(5,32-14-20-34(21-15-32)42-23-27(2)40)30-8-6-28(7-9-30)37(3,4)29-10-16-35(17-11-29)43-24-36-25-44-36/h6-21,26-27,36,39-40H,22-25H2,1-5H3. The van der Waals surface area contributed by atoms with Crippen molar-refractivity contribution < 1.29 is 29.2 Å². The third-order valence-corrected chi connectivity index (χ3v) is 8.44. The maximum absolute atomic E-state index is 9.63. The van der Waals surface area contributed by atoms with Crippen molar-refractivity contribution in [3.8, 4) is 17.2 Å². The molecule has 6 nitrogen and oxygen atoms in total. The van der Waals surface area contributed by atoms with Crippen LogP contribution in [-0.4, -0.2) is 55.0 Å². The third kappa shape index (κ3) is 7.44. The lowest BCUT2D eigenvalue weighted by Crippen LogP contribution is -2.26. The van der Waals surface area contributed by atoms with Gasteiger partial charge >= 0.3 is 0 Å². The molecule has 5 rings (SSSR count). The second-order valence-corrected chi connectivity index (χ2v) is 12.5. The molecular weight excluding hydrogens is 552 g/mol. The van der Waals surface area contributed by atoms with E-state index >= 15 is 0 Å². The minimum Gasteiger partial charge on any atom is -0.491 e. The van der Waals surface area contributed by atoms with Crippen molar-refractivity contribution >= 4 is 0 Å². The average molecular weight is 597 g/mol. The van der Waals surface area contributed by atoms with Crippen molar-refractivity contribution in [2.24, 2.45) is 0 Å². The quantitative estimate of drug-likeness (QED) is 0.125. The van der Waals surface area contributed by atoms with E-state index in [0.717, 1.165) is 29.0 Å². The Bertz CT molecular complexity index is 1410. The van der Waals surface area contributed by atoms with Gasteiger partial charge in [-0.2, -0.15) is 0 Å². The van der Waals surface area contributed by atoms with Gasteiger partial charge in [0.2, 0.25) is 0 Å². The van der Waals surface area contributed by atoms with Gasteiger partial charge in [-0.05, 0) is 85.0 Å². The fourth-order valence-electron chi connectivity index (χ4n) is 5.41. The number of hydrogen-bond donors (Lipinski definition) is 2. The number of aliphatic hydroxyl groups excluding tert-OH is 2. The molecule has 3 unspecified atom stereocenters. The first-order valence-electron chi connectivity index (χ1n) is 15.3. The van der Waals surface area contributed by atoms with Crippen molar-refractivity contribution in [2.75, 3.05) is 26.4 Å². The fourth-order valence-corrected chi connectivity index (χ4v) is 5.41. The van der Waals surface area contributed by atoms with Crippen molar-refractivity contribution in [3.63, 3.8) is 0 Å². The maximum Gasteiger partial charge on any atom is 0.119 e. The minimum atomic E-state index is -0.536. The molecule has 0 saturated carbocycles. The molecular formula is C38H44O6. The van der Waals surface area contributed by atoms with Crippen molar-refractivity contribution in [1.29, 1.82) is 0 Å². The van der Waals surface area contributed by atoms with Gasteiger partial charge in [0.1, 0.15) is 43.2 Å². The topological polar surface area (TPSA) is 80.7 Å². The largest absolute Gasteiger partial charge is 0.491 e. The Balaban J connectivity index is 1.43. The minimum absolute atomic E-state index is 0.210. The lowest BCUT2D eigenvalue weighted by molar-refractivity contribution is 0.122. The Kier molecular flexibility index (Phi) is 9.64. The van der Waals surface area contributed by atoms with E-state index in [0.29, 0.717) is 18.1 Å². The zero-order valence-corrected chi connectivity index (χ0v) is 26.3. The van der Waals surface area contributed by atoms with E-state index < -0.39 is 17.6 Å². The van der Waals surface area contributed by atoms with Gasteiger partial charge < -0.3 is 29.2 Å². The monoisotopic (exact) mass is 596 g/mol. The van der Waals surface area contributed by atoms with Crippen LogP contribution in [0.3, 0.4) is 0 Å². The summed E-state index contributed by atoms with van der Waals surface area (Å²) in [5.41, 5.74) is 5.11. The molecule has 0 aromatic heterocycles. The summed E-state index contributed by atoms with van der Waals surface area (Å²) in [6.45, 7) is 12.0. The molecule has 0 aliphatic carbocycles. The molecule has 44 heavy (non-hydrogen) atoms. The first kappa shape index (κ1) is 31.6. The van der Waals surface area contributed by atoms with Crippen LogP contribution in [0.5, 0.6) is 17.2 Å². The SMILES string of the molecule is CC(O)COc1ccc(C(C)(c2ccc(OCC(C)O)cc2)c2ccc(C(C)(C)c3ccc(OCC4CO4)cc3)cc2)cc1. The molecule has 232 valence electrons. The van der Waals surface area contributed by atoms with Gasteiger partial charge in [0.15, 0.2) is 0 Å². The first-order valence-corrected chi connectivity index (χ1v) is 15.3. The van der Waals surface area contributed by atoms with Gasteiger partial charge in [0.25, 0.3) is 0 Å². The van der Waals surface area contributed by atoms with Gasteiger partial charge in [0.05, 0.1) is 18.8 Å². The summed E-state index contributed by atoms with van der Waals surface area (Å²) in [4.78, 5) is 0. The summed E-state index contributed by atoms with van der Waals surface area (Å²) < 4.78 is 22.6. The van der Waals surface area contributed by atoms with Crippen LogP contribution in [0.2, 0.25) is 0 Å². The smallest absolute Gasteiger partial charge is 0.119 e. The van der Waals surface area contributed by atoms with E-state index in [1.54, 1.807) is 13.8 Å². The number of rotatable bonds is 14. The molecule has 4 aromatic rings. The second kappa shape index (κ2) is 13.4. The highest BCUT2D eigenvalue weighted by molar-refractivity contribution is 5.52. The Hall–Kier alpha value is -3.84. The molecule has 2 N–H and O–H groups in total. The third-order valence-electron chi connectivity index (χ3n) is 8.44. The maximum atomic E-state index is 9.63. The highest BCUT2D eigenvalue weighted by atomic mass is 16.6. The van der Waals surface area contributed by atoms with Crippen LogP contribution >= 0.6 is 0 Å². The Labute approximate surface area is 261 Å². The van der Waals surface area contributed by atoms with E-state index in [1.807, 2.05) is 36.4 Å². The van der Waals surface area contributed by atoms with Crippen LogP contribution in [0.25, 0.3) is 0 Å². The summed E-state index contributed by atoms with van der Waals surface area (Å²) in [5.74, 6) is 2.29. The molecule has 0 radical (unpaired) electrons. The molecule has 1 aliphatic rings. The molecule has 0 amide bonds. The van der Waals surface area contributed by atoms with Gasteiger partial charge in [-0.3, -0.25) is 0 Å². The number of benzene rings is 4. The summed E-state index contributed by atoms with van der Waals surface area (Å²) in [6.07, 6.45) is -0.838. The highest BCUT2D eigenvalue weighted by Gasteiger charge is 2.32. The van der Waals surface area contributed by atoms with Crippen LogP contribution in [0, 0.1) is 0 Å². The highest BCUT2D eigenvalue weighted by Crippen LogP contribution is 2.41. The zero-order chi connectivity index (χ0) is 31.3. The van der Waals surface area contributed by atoms with E-state index in [4.69, 9.17) is 18.9 Å². The van der Waals surface area contributed by atoms with E-state index in [2.05, 4.69) is 81.4 Å².